The molecule has 1 aromatic carbocycles. The lowest BCUT2D eigenvalue weighted by atomic mass is 9.97. The van der Waals surface area contributed by atoms with Gasteiger partial charge in [0.1, 0.15) is 11.6 Å². The number of carboxylic acids is 1. The zero-order chi connectivity index (χ0) is 23.6. The molecule has 0 spiro atoms. The lowest BCUT2D eigenvalue weighted by Gasteiger charge is -2.25. The highest BCUT2D eigenvalue weighted by Crippen LogP contribution is 2.26. The average Bonchev–Trinajstić information content (AvgIpc) is 2.80. The number of ether oxygens (including phenoxy) is 3. The van der Waals surface area contributed by atoms with Gasteiger partial charge in [-0.2, -0.15) is 5.26 Å². The first-order valence-corrected chi connectivity index (χ1v) is 11.4. The maximum atomic E-state index is 11.6. The normalized spacial score (nSPS) is 11.7. The summed E-state index contributed by atoms with van der Waals surface area (Å²) in [6.45, 7) is 8.53. The molecule has 0 aromatic heterocycles. The molecule has 7 nitrogen and oxygen atoms in total. The molecule has 0 saturated heterocycles. The monoisotopic (exact) mass is 446 g/mol. The molecule has 1 N–H and O–H groups in total. The van der Waals surface area contributed by atoms with Crippen molar-refractivity contribution < 1.29 is 24.1 Å². The quantitative estimate of drug-likeness (QED) is 0.201. The van der Waals surface area contributed by atoms with E-state index in [2.05, 4.69) is 18.7 Å². The molecule has 0 aliphatic carbocycles. The maximum absolute atomic E-state index is 11.6. The molecule has 0 bridgehead atoms. The molecular formula is C25H38N2O5. The van der Waals surface area contributed by atoms with E-state index in [1.165, 1.54) is 0 Å². The fourth-order valence-electron chi connectivity index (χ4n) is 3.24. The Hall–Kier alpha value is -2.40. The molecular weight excluding hydrogens is 408 g/mol. The van der Waals surface area contributed by atoms with Crippen LogP contribution in [0.2, 0.25) is 0 Å². The lowest BCUT2D eigenvalue weighted by molar-refractivity contribution is -0.132. The lowest BCUT2D eigenvalue weighted by Crippen LogP contribution is -2.25. The van der Waals surface area contributed by atoms with Crippen LogP contribution in [0.4, 0.5) is 5.69 Å². The van der Waals surface area contributed by atoms with Gasteiger partial charge in [0.2, 0.25) is 0 Å². The fraction of sp³-hybridized carbons (Fsp3) is 0.600. The predicted octanol–water partition coefficient (Wildman–Crippen LogP) is 4.52. The van der Waals surface area contributed by atoms with Crippen LogP contribution in [0, 0.1) is 11.3 Å². The van der Waals surface area contributed by atoms with Gasteiger partial charge in [0.15, 0.2) is 0 Å². The standard InChI is InChI=1S/C25H38N2O5/c1-4-6-13-27(14-7-5-2)22-10-8-21(9-11-22)23(24(20-26)25(28)29)12-15-31-18-19-32-17-16-30-3/h8-11H,4-7,12-19H2,1-3H3,(H,28,29)/b24-23-. The van der Waals surface area contributed by atoms with Gasteiger partial charge in [-0.3, -0.25) is 0 Å². The minimum absolute atomic E-state index is 0.244. The first kappa shape index (κ1) is 27.6. The molecule has 0 saturated carbocycles. The number of benzene rings is 1. The van der Waals surface area contributed by atoms with Crippen LogP contribution in [0.3, 0.4) is 0 Å². The summed E-state index contributed by atoms with van der Waals surface area (Å²) < 4.78 is 15.8. The maximum Gasteiger partial charge on any atom is 0.346 e. The number of carbonyl (C=O) groups is 1. The molecule has 1 rings (SSSR count). The number of unbranched alkanes of at least 4 members (excludes halogenated alkanes) is 2. The third-order valence-electron chi connectivity index (χ3n) is 5.07. The topological polar surface area (TPSA) is 92.0 Å². The Labute approximate surface area is 192 Å². The second-order valence-electron chi connectivity index (χ2n) is 7.48. The summed E-state index contributed by atoms with van der Waals surface area (Å²) in [6.07, 6.45) is 4.85. The Morgan fingerprint density at radius 2 is 1.53 bits per heavy atom. The molecule has 0 fully saturated rings. The molecule has 0 heterocycles. The summed E-state index contributed by atoms with van der Waals surface area (Å²) in [5, 5.41) is 18.9. The van der Waals surface area contributed by atoms with Crippen LogP contribution in [-0.2, 0) is 19.0 Å². The summed E-state index contributed by atoms with van der Waals surface area (Å²) in [6, 6.07) is 9.69. The Morgan fingerprint density at radius 1 is 0.969 bits per heavy atom. The van der Waals surface area contributed by atoms with E-state index in [-0.39, 0.29) is 5.57 Å². The average molecular weight is 447 g/mol. The number of aliphatic carboxylic acids is 1. The van der Waals surface area contributed by atoms with Gasteiger partial charge in [-0.25, -0.2) is 4.79 Å². The van der Waals surface area contributed by atoms with Gasteiger partial charge in [-0.15, -0.1) is 0 Å². The van der Waals surface area contributed by atoms with Crippen LogP contribution >= 0.6 is 0 Å². The first-order valence-electron chi connectivity index (χ1n) is 11.4. The van der Waals surface area contributed by atoms with Crippen LogP contribution in [0.15, 0.2) is 29.8 Å². The van der Waals surface area contributed by atoms with Crippen molar-refractivity contribution in [2.24, 2.45) is 0 Å². The van der Waals surface area contributed by atoms with Crippen molar-refractivity contribution in [3.63, 3.8) is 0 Å². The largest absolute Gasteiger partial charge is 0.477 e. The Bertz CT molecular complexity index is 717. The summed E-state index contributed by atoms with van der Waals surface area (Å²) in [5.74, 6) is -1.22. The zero-order valence-corrected chi connectivity index (χ0v) is 19.8. The Balaban J connectivity index is 2.87. The van der Waals surface area contributed by atoms with E-state index < -0.39 is 5.97 Å². The number of anilines is 1. The van der Waals surface area contributed by atoms with Gasteiger partial charge in [0.05, 0.1) is 33.0 Å². The molecule has 0 atom stereocenters. The van der Waals surface area contributed by atoms with Crippen molar-refractivity contribution in [1.29, 1.82) is 5.26 Å². The number of nitriles is 1. The second-order valence-corrected chi connectivity index (χ2v) is 7.48. The number of hydrogen-bond donors (Lipinski definition) is 1. The third-order valence-corrected chi connectivity index (χ3v) is 5.07. The van der Waals surface area contributed by atoms with Gasteiger partial charge < -0.3 is 24.2 Å². The van der Waals surface area contributed by atoms with Gasteiger partial charge in [0, 0.05) is 25.9 Å². The van der Waals surface area contributed by atoms with Crippen molar-refractivity contribution in [3.8, 4) is 6.07 Å². The summed E-state index contributed by atoms with van der Waals surface area (Å²) >= 11 is 0. The number of nitrogens with zero attached hydrogens (tertiary/aromatic N) is 2. The summed E-state index contributed by atoms with van der Waals surface area (Å²) in [7, 11) is 1.61. The Morgan fingerprint density at radius 3 is 2.03 bits per heavy atom. The van der Waals surface area contributed by atoms with Crippen LogP contribution < -0.4 is 4.90 Å². The second kappa shape index (κ2) is 17.2. The van der Waals surface area contributed by atoms with Gasteiger partial charge >= 0.3 is 5.97 Å². The van der Waals surface area contributed by atoms with Crippen LogP contribution in [-0.4, -0.2) is 64.3 Å². The summed E-state index contributed by atoms with van der Waals surface area (Å²) in [5.41, 5.74) is 2.10. The van der Waals surface area contributed by atoms with E-state index in [1.54, 1.807) is 7.11 Å². The smallest absolute Gasteiger partial charge is 0.346 e. The molecule has 0 radical (unpaired) electrons. The highest BCUT2D eigenvalue weighted by molar-refractivity contribution is 6.00. The molecule has 7 heteroatoms. The van der Waals surface area contributed by atoms with E-state index >= 15 is 0 Å². The fourth-order valence-corrected chi connectivity index (χ4v) is 3.24. The number of rotatable bonds is 18. The number of carboxylic acid groups (broad SMARTS) is 1. The molecule has 178 valence electrons. The van der Waals surface area contributed by atoms with E-state index in [4.69, 9.17) is 14.2 Å². The zero-order valence-electron chi connectivity index (χ0n) is 19.8. The molecule has 0 aliphatic rings. The molecule has 0 amide bonds. The van der Waals surface area contributed by atoms with E-state index in [9.17, 15) is 15.2 Å². The van der Waals surface area contributed by atoms with Gasteiger partial charge in [0.25, 0.3) is 0 Å². The van der Waals surface area contributed by atoms with E-state index in [1.807, 2.05) is 30.3 Å². The van der Waals surface area contributed by atoms with E-state index in [0.717, 1.165) is 50.0 Å². The minimum atomic E-state index is -1.22. The van der Waals surface area contributed by atoms with Crippen molar-refractivity contribution in [1.82, 2.24) is 0 Å². The Kier molecular flexibility index (Phi) is 14.8. The summed E-state index contributed by atoms with van der Waals surface area (Å²) in [4.78, 5) is 14.0. The molecule has 32 heavy (non-hydrogen) atoms. The van der Waals surface area contributed by atoms with Crippen LogP contribution in [0.25, 0.3) is 5.57 Å². The third kappa shape index (κ3) is 10.3. The highest BCUT2D eigenvalue weighted by Gasteiger charge is 2.16. The minimum Gasteiger partial charge on any atom is -0.477 e. The van der Waals surface area contributed by atoms with Crippen molar-refractivity contribution in [2.75, 3.05) is 58.1 Å². The van der Waals surface area contributed by atoms with Crippen molar-refractivity contribution in [3.05, 3.63) is 35.4 Å². The first-order chi connectivity index (χ1) is 15.6. The predicted molar refractivity (Wildman–Crippen MR) is 127 cm³/mol. The van der Waals surface area contributed by atoms with E-state index in [0.29, 0.717) is 45.0 Å². The van der Waals surface area contributed by atoms with Crippen LogP contribution in [0.1, 0.15) is 51.5 Å². The van der Waals surface area contributed by atoms with Crippen molar-refractivity contribution in [2.45, 2.75) is 46.0 Å². The SMILES string of the molecule is CCCCN(CCCC)c1ccc(/C(CCOCCOCCOC)=C(/C#N)C(=O)O)cc1. The van der Waals surface area contributed by atoms with Crippen LogP contribution in [0.5, 0.6) is 0 Å². The number of hydrogen-bond acceptors (Lipinski definition) is 6. The molecule has 0 aliphatic heterocycles. The van der Waals surface area contributed by atoms with Gasteiger partial charge in [-0.05, 0) is 42.5 Å². The number of methoxy groups -OCH3 is 1. The molecule has 0 unspecified atom stereocenters. The molecule has 1 aromatic rings. The van der Waals surface area contributed by atoms with Crippen molar-refractivity contribution >= 4 is 17.2 Å². The van der Waals surface area contributed by atoms with Gasteiger partial charge in [-0.1, -0.05) is 38.8 Å². The highest BCUT2D eigenvalue weighted by atomic mass is 16.5.